The number of rotatable bonds is 1. The van der Waals surface area contributed by atoms with Crippen LogP contribution in [0.1, 0.15) is 0 Å². The van der Waals surface area contributed by atoms with E-state index >= 15 is 0 Å². The maximum Gasteiger partial charge on any atom is 0.192 e. The first-order valence-corrected chi connectivity index (χ1v) is 4.82. The molecule has 0 amide bonds. The molecule has 3 aromatic rings. The Morgan fingerprint density at radius 2 is 2.27 bits per heavy atom. The molecule has 74 valence electrons. The molecule has 0 saturated carbocycles. The van der Waals surface area contributed by atoms with E-state index in [0.717, 1.165) is 11.3 Å². The van der Waals surface area contributed by atoms with Gasteiger partial charge in [0, 0.05) is 12.4 Å². The second-order valence-electron chi connectivity index (χ2n) is 3.12. The fourth-order valence-electron chi connectivity index (χ4n) is 1.44. The van der Waals surface area contributed by atoms with Gasteiger partial charge in [-0.15, -0.1) is 0 Å². The number of aromatic nitrogens is 5. The Morgan fingerprint density at radius 3 is 3.00 bits per heavy atom. The normalized spacial score (nSPS) is 10.9. The van der Waals surface area contributed by atoms with Crippen molar-refractivity contribution in [3.05, 3.63) is 35.4 Å². The van der Waals surface area contributed by atoms with Gasteiger partial charge in [0.1, 0.15) is 11.3 Å². The van der Waals surface area contributed by atoms with E-state index in [2.05, 4.69) is 20.2 Å². The summed E-state index contributed by atoms with van der Waals surface area (Å²) in [5.74, 6) is 0.656. The highest BCUT2D eigenvalue weighted by molar-refractivity contribution is 7.71. The summed E-state index contributed by atoms with van der Waals surface area (Å²) in [7, 11) is 0. The molecule has 0 bridgehead atoms. The Bertz CT molecular complexity index is 629. The minimum Gasteiger partial charge on any atom is -0.313 e. The number of hydrogen-bond donors (Lipinski definition) is 2. The van der Waals surface area contributed by atoms with Gasteiger partial charge in [0.15, 0.2) is 10.6 Å². The first kappa shape index (κ1) is 8.37. The maximum absolute atomic E-state index is 4.91. The van der Waals surface area contributed by atoms with Gasteiger partial charge in [-0.3, -0.25) is 5.10 Å². The van der Waals surface area contributed by atoms with E-state index in [4.69, 9.17) is 12.2 Å². The minimum atomic E-state index is 0.502. The number of nitrogens with one attached hydrogen (secondary N) is 2. The highest BCUT2D eigenvalue weighted by atomic mass is 32.1. The number of hydrogen-bond acceptors (Lipinski definition) is 3. The van der Waals surface area contributed by atoms with E-state index in [-0.39, 0.29) is 0 Å². The zero-order chi connectivity index (χ0) is 10.3. The summed E-state index contributed by atoms with van der Waals surface area (Å²) in [6, 6.07) is 5.83. The average molecular weight is 217 g/mol. The molecule has 0 fully saturated rings. The van der Waals surface area contributed by atoms with Gasteiger partial charge in [0.05, 0.1) is 0 Å². The Morgan fingerprint density at radius 1 is 1.33 bits per heavy atom. The molecule has 0 spiro atoms. The van der Waals surface area contributed by atoms with Crippen molar-refractivity contribution in [2.75, 3.05) is 0 Å². The molecule has 5 nitrogen and oxygen atoms in total. The van der Waals surface area contributed by atoms with Crippen molar-refractivity contribution < 1.29 is 0 Å². The molecular weight excluding hydrogens is 210 g/mol. The lowest BCUT2D eigenvalue weighted by atomic mass is 10.5. The quantitative estimate of drug-likeness (QED) is 0.611. The standard InChI is InChI=1S/C9H7N5S/c15-9-11-8(12-13-9)6-5-14-4-2-1-3-7(14)10-6/h1-5H,(H2,11,12,13,15). The summed E-state index contributed by atoms with van der Waals surface area (Å²) < 4.78 is 2.43. The van der Waals surface area contributed by atoms with Crippen molar-refractivity contribution >= 4 is 17.9 Å². The molecule has 0 aliphatic carbocycles. The molecule has 15 heavy (non-hydrogen) atoms. The van der Waals surface area contributed by atoms with Crippen molar-refractivity contribution in [1.82, 2.24) is 24.6 Å². The fourth-order valence-corrected chi connectivity index (χ4v) is 1.58. The molecule has 2 N–H and O–H groups in total. The molecule has 0 atom stereocenters. The van der Waals surface area contributed by atoms with Crippen molar-refractivity contribution in [3.63, 3.8) is 0 Å². The lowest BCUT2D eigenvalue weighted by Crippen LogP contribution is -1.78. The first-order valence-electron chi connectivity index (χ1n) is 4.42. The summed E-state index contributed by atoms with van der Waals surface area (Å²) in [5.41, 5.74) is 1.66. The number of fused-ring (bicyclic) bond motifs is 1. The van der Waals surface area contributed by atoms with Crippen LogP contribution >= 0.6 is 12.2 Å². The summed E-state index contributed by atoms with van der Waals surface area (Å²) >= 11 is 4.91. The SMILES string of the molecule is S=c1[nH]nc(-c2cn3ccccc3n2)[nH]1. The monoisotopic (exact) mass is 217 g/mol. The maximum atomic E-state index is 4.91. The van der Waals surface area contributed by atoms with Crippen LogP contribution in [0.15, 0.2) is 30.6 Å². The Hall–Kier alpha value is -1.95. The topological polar surface area (TPSA) is 61.8 Å². The van der Waals surface area contributed by atoms with E-state index < -0.39 is 0 Å². The summed E-state index contributed by atoms with van der Waals surface area (Å²) in [6.45, 7) is 0. The van der Waals surface area contributed by atoms with Crippen LogP contribution in [0.2, 0.25) is 0 Å². The zero-order valence-electron chi connectivity index (χ0n) is 7.64. The predicted molar refractivity (Wildman–Crippen MR) is 58.0 cm³/mol. The molecule has 0 aliphatic rings. The van der Waals surface area contributed by atoms with Gasteiger partial charge in [-0.2, -0.15) is 5.10 Å². The summed E-state index contributed by atoms with van der Waals surface area (Å²) in [5, 5.41) is 6.69. The molecule has 3 heterocycles. The number of aromatic amines is 2. The third-order valence-corrected chi connectivity index (χ3v) is 2.30. The van der Waals surface area contributed by atoms with Crippen molar-refractivity contribution in [2.24, 2.45) is 0 Å². The fraction of sp³-hybridized carbons (Fsp3) is 0. The van der Waals surface area contributed by atoms with Gasteiger partial charge in [0.2, 0.25) is 0 Å². The van der Waals surface area contributed by atoms with Crippen LogP contribution in [0.5, 0.6) is 0 Å². The second-order valence-corrected chi connectivity index (χ2v) is 3.53. The van der Waals surface area contributed by atoms with E-state index in [9.17, 15) is 0 Å². The molecule has 0 aliphatic heterocycles. The number of nitrogens with zero attached hydrogens (tertiary/aromatic N) is 3. The van der Waals surface area contributed by atoms with E-state index in [1.54, 1.807) is 0 Å². The zero-order valence-corrected chi connectivity index (χ0v) is 8.45. The van der Waals surface area contributed by atoms with Crippen molar-refractivity contribution in [3.8, 4) is 11.5 Å². The van der Waals surface area contributed by atoms with E-state index in [0.29, 0.717) is 10.6 Å². The van der Waals surface area contributed by atoms with Gasteiger partial charge >= 0.3 is 0 Å². The molecule has 0 unspecified atom stereocenters. The smallest absolute Gasteiger partial charge is 0.192 e. The molecule has 0 aromatic carbocycles. The Balaban J connectivity index is 2.24. The van der Waals surface area contributed by atoms with Crippen molar-refractivity contribution in [1.29, 1.82) is 0 Å². The van der Waals surface area contributed by atoms with Gasteiger partial charge in [-0.05, 0) is 24.4 Å². The minimum absolute atomic E-state index is 0.502. The van der Waals surface area contributed by atoms with Crippen LogP contribution in [0.4, 0.5) is 0 Å². The van der Waals surface area contributed by atoms with Gasteiger partial charge in [0.25, 0.3) is 0 Å². The van der Waals surface area contributed by atoms with Crippen LogP contribution in [0, 0.1) is 4.77 Å². The van der Waals surface area contributed by atoms with Crippen LogP contribution in [-0.4, -0.2) is 24.6 Å². The highest BCUT2D eigenvalue weighted by Gasteiger charge is 2.05. The van der Waals surface area contributed by atoms with Crippen LogP contribution < -0.4 is 0 Å². The lowest BCUT2D eigenvalue weighted by Gasteiger charge is -1.86. The van der Waals surface area contributed by atoms with Gasteiger partial charge in [-0.1, -0.05) is 6.07 Å². The van der Waals surface area contributed by atoms with Crippen molar-refractivity contribution in [2.45, 2.75) is 0 Å². The van der Waals surface area contributed by atoms with E-state index in [1.165, 1.54) is 0 Å². The molecular formula is C9H7N5S. The molecule has 3 rings (SSSR count). The third-order valence-electron chi connectivity index (χ3n) is 2.11. The summed E-state index contributed by atoms with van der Waals surface area (Å²) in [4.78, 5) is 7.32. The summed E-state index contributed by atoms with van der Waals surface area (Å²) in [6.07, 6.45) is 3.84. The molecule has 0 saturated heterocycles. The first-order chi connectivity index (χ1) is 7.33. The molecule has 3 aromatic heterocycles. The lowest BCUT2D eigenvalue weighted by molar-refractivity contribution is 1.08. The van der Waals surface area contributed by atoms with Crippen LogP contribution in [0.3, 0.4) is 0 Å². The predicted octanol–water partition coefficient (Wildman–Crippen LogP) is 1.78. The number of imidazole rings is 1. The van der Waals surface area contributed by atoms with Crippen LogP contribution in [-0.2, 0) is 0 Å². The molecule has 6 heteroatoms. The third kappa shape index (κ3) is 1.35. The largest absolute Gasteiger partial charge is 0.313 e. The number of H-pyrrole nitrogens is 2. The Labute approximate surface area is 89.8 Å². The van der Waals surface area contributed by atoms with Gasteiger partial charge in [-0.25, -0.2) is 4.98 Å². The van der Waals surface area contributed by atoms with Gasteiger partial charge < -0.3 is 9.38 Å². The Kier molecular flexibility index (Phi) is 1.69. The van der Waals surface area contributed by atoms with Crippen LogP contribution in [0.25, 0.3) is 17.2 Å². The van der Waals surface area contributed by atoms with E-state index in [1.807, 2.05) is 35.0 Å². The highest BCUT2D eigenvalue weighted by Crippen LogP contribution is 2.13. The average Bonchev–Trinajstić information content (AvgIpc) is 2.82. The second kappa shape index (κ2) is 3.03. The molecule has 0 radical (unpaired) electrons. The number of pyridine rings is 1.